The van der Waals surface area contributed by atoms with E-state index < -0.39 is 0 Å². The summed E-state index contributed by atoms with van der Waals surface area (Å²) in [6, 6.07) is 0. The maximum absolute atomic E-state index is 10.3. The van der Waals surface area contributed by atoms with E-state index in [1.54, 1.807) is 19.1 Å². The average molecular weight is 159 g/mol. The van der Waals surface area contributed by atoms with Gasteiger partial charge in [0.05, 0.1) is 0 Å². The van der Waals surface area contributed by atoms with Crippen molar-refractivity contribution < 1.29 is 14.3 Å². The van der Waals surface area contributed by atoms with Crippen LogP contribution in [0.25, 0.3) is 0 Å². The normalized spacial score (nSPS) is 30.9. The van der Waals surface area contributed by atoms with Crippen LogP contribution in [0, 0.1) is 0 Å². The first-order valence-electron chi connectivity index (χ1n) is 3.56. The molecule has 1 heterocycles. The maximum Gasteiger partial charge on any atom is 0.209 e. The number of nitrogens with zero attached hydrogens (tertiary/aromatic N) is 1. The molecule has 0 saturated carbocycles. The molecule has 1 amide bonds. The molecule has 1 aliphatic heterocycles. The van der Waals surface area contributed by atoms with Gasteiger partial charge in [0.2, 0.25) is 6.41 Å². The molecule has 0 aromatic rings. The van der Waals surface area contributed by atoms with E-state index in [1.165, 1.54) is 0 Å². The molecular formula is C7H13NO3. The van der Waals surface area contributed by atoms with Gasteiger partial charge in [0.25, 0.3) is 0 Å². The van der Waals surface area contributed by atoms with E-state index in [0.717, 1.165) is 6.41 Å². The van der Waals surface area contributed by atoms with Crippen LogP contribution in [-0.4, -0.2) is 50.8 Å². The van der Waals surface area contributed by atoms with Crippen molar-refractivity contribution in [2.75, 3.05) is 27.3 Å². The summed E-state index contributed by atoms with van der Waals surface area (Å²) in [5.41, 5.74) is 0. The monoisotopic (exact) mass is 159 g/mol. The summed E-state index contributed by atoms with van der Waals surface area (Å²) in [6.45, 7) is 1.27. The molecule has 11 heavy (non-hydrogen) atoms. The molecule has 1 fully saturated rings. The Morgan fingerprint density at radius 1 is 1.27 bits per heavy atom. The smallest absolute Gasteiger partial charge is 0.209 e. The number of ether oxygens (including phenoxy) is 2. The van der Waals surface area contributed by atoms with Crippen molar-refractivity contribution in [2.24, 2.45) is 0 Å². The molecule has 4 nitrogen and oxygen atoms in total. The van der Waals surface area contributed by atoms with Crippen LogP contribution in [0.5, 0.6) is 0 Å². The van der Waals surface area contributed by atoms with Crippen molar-refractivity contribution in [3.63, 3.8) is 0 Å². The standard InChI is InChI=1S/C7H13NO3/c1-10-6-3-8(5-9)4-7(6)11-2/h5-7H,3-4H2,1-2H3. The molecule has 1 saturated heterocycles. The highest BCUT2D eigenvalue weighted by Gasteiger charge is 2.31. The van der Waals surface area contributed by atoms with Gasteiger partial charge < -0.3 is 14.4 Å². The molecule has 0 radical (unpaired) electrons. The van der Waals surface area contributed by atoms with Crippen LogP contribution >= 0.6 is 0 Å². The van der Waals surface area contributed by atoms with E-state index in [4.69, 9.17) is 9.47 Å². The molecule has 2 atom stereocenters. The number of likely N-dealkylation sites (tertiary alicyclic amines) is 1. The fourth-order valence-electron chi connectivity index (χ4n) is 1.31. The van der Waals surface area contributed by atoms with Crippen molar-refractivity contribution >= 4 is 6.41 Å². The molecule has 0 spiro atoms. The quantitative estimate of drug-likeness (QED) is 0.520. The predicted molar refractivity (Wildman–Crippen MR) is 39.2 cm³/mol. The van der Waals surface area contributed by atoms with Crippen LogP contribution in [-0.2, 0) is 14.3 Å². The molecule has 0 N–H and O–H groups in total. The van der Waals surface area contributed by atoms with Gasteiger partial charge in [0, 0.05) is 27.3 Å². The number of hydrogen-bond donors (Lipinski definition) is 0. The molecule has 1 rings (SSSR count). The van der Waals surface area contributed by atoms with Crippen LogP contribution < -0.4 is 0 Å². The Morgan fingerprint density at radius 2 is 1.73 bits per heavy atom. The number of hydrogen-bond acceptors (Lipinski definition) is 3. The third-order valence-electron chi connectivity index (χ3n) is 2.00. The van der Waals surface area contributed by atoms with Gasteiger partial charge in [-0.3, -0.25) is 4.79 Å². The van der Waals surface area contributed by atoms with Gasteiger partial charge in [0.1, 0.15) is 12.2 Å². The van der Waals surface area contributed by atoms with Gasteiger partial charge in [-0.2, -0.15) is 0 Å². The predicted octanol–water partition coefficient (Wildman–Crippen LogP) is -0.512. The number of rotatable bonds is 3. The first-order chi connectivity index (χ1) is 5.31. The second-order valence-electron chi connectivity index (χ2n) is 2.61. The lowest BCUT2D eigenvalue weighted by atomic mass is 10.3. The Labute approximate surface area is 66.1 Å². The second kappa shape index (κ2) is 3.69. The topological polar surface area (TPSA) is 38.8 Å². The van der Waals surface area contributed by atoms with E-state index in [0.29, 0.717) is 13.1 Å². The van der Waals surface area contributed by atoms with Crippen LogP contribution in [0.4, 0.5) is 0 Å². The molecule has 1 aliphatic rings. The SMILES string of the molecule is COC1CN(C=O)CC1OC. The van der Waals surface area contributed by atoms with Crippen molar-refractivity contribution in [1.82, 2.24) is 4.90 Å². The molecule has 0 aliphatic carbocycles. The highest BCUT2D eigenvalue weighted by Crippen LogP contribution is 2.13. The molecule has 4 heteroatoms. The summed E-state index contributed by atoms with van der Waals surface area (Å²) >= 11 is 0. The Balaban J connectivity index is 2.47. The van der Waals surface area contributed by atoms with Crippen LogP contribution in [0.15, 0.2) is 0 Å². The fraction of sp³-hybridized carbons (Fsp3) is 0.857. The molecule has 64 valence electrons. The first-order valence-corrected chi connectivity index (χ1v) is 3.56. The summed E-state index contributed by atoms with van der Waals surface area (Å²) in [5.74, 6) is 0. The molecule has 0 aromatic heterocycles. The number of carbonyl (C=O) groups excluding carboxylic acids is 1. The molecule has 0 aromatic carbocycles. The maximum atomic E-state index is 10.3. The fourth-order valence-corrected chi connectivity index (χ4v) is 1.31. The van der Waals surface area contributed by atoms with Gasteiger partial charge in [-0.25, -0.2) is 0 Å². The lowest BCUT2D eigenvalue weighted by molar-refractivity contribution is -0.117. The lowest BCUT2D eigenvalue weighted by Crippen LogP contribution is -2.27. The van der Waals surface area contributed by atoms with Crippen molar-refractivity contribution in [3.8, 4) is 0 Å². The van der Waals surface area contributed by atoms with Gasteiger partial charge >= 0.3 is 0 Å². The zero-order valence-corrected chi connectivity index (χ0v) is 6.82. The minimum Gasteiger partial charge on any atom is -0.377 e. The van der Waals surface area contributed by atoms with E-state index >= 15 is 0 Å². The lowest BCUT2D eigenvalue weighted by Gasteiger charge is -2.13. The summed E-state index contributed by atoms with van der Waals surface area (Å²) < 4.78 is 10.2. The number of amides is 1. The van der Waals surface area contributed by atoms with E-state index in [-0.39, 0.29) is 12.2 Å². The summed E-state index contributed by atoms with van der Waals surface area (Å²) in [4.78, 5) is 12.0. The van der Waals surface area contributed by atoms with E-state index in [1.807, 2.05) is 0 Å². The minimum absolute atomic E-state index is 0.0326. The van der Waals surface area contributed by atoms with Crippen molar-refractivity contribution in [2.45, 2.75) is 12.2 Å². The van der Waals surface area contributed by atoms with Crippen LogP contribution in [0.3, 0.4) is 0 Å². The Kier molecular flexibility index (Phi) is 2.84. The van der Waals surface area contributed by atoms with Crippen LogP contribution in [0.2, 0.25) is 0 Å². The number of carbonyl (C=O) groups is 1. The Bertz CT molecular complexity index is 128. The minimum atomic E-state index is 0.0326. The summed E-state index contributed by atoms with van der Waals surface area (Å²) in [7, 11) is 3.26. The van der Waals surface area contributed by atoms with E-state index in [9.17, 15) is 4.79 Å². The van der Waals surface area contributed by atoms with Crippen molar-refractivity contribution in [1.29, 1.82) is 0 Å². The molecular weight excluding hydrogens is 146 g/mol. The molecule has 0 bridgehead atoms. The largest absolute Gasteiger partial charge is 0.377 e. The van der Waals surface area contributed by atoms with E-state index in [2.05, 4.69) is 0 Å². The van der Waals surface area contributed by atoms with Gasteiger partial charge in [-0.15, -0.1) is 0 Å². The zero-order chi connectivity index (χ0) is 8.27. The van der Waals surface area contributed by atoms with Gasteiger partial charge in [-0.05, 0) is 0 Å². The highest BCUT2D eigenvalue weighted by molar-refractivity contribution is 5.48. The second-order valence-corrected chi connectivity index (χ2v) is 2.61. The third kappa shape index (κ3) is 1.70. The summed E-state index contributed by atoms with van der Waals surface area (Å²) in [6.07, 6.45) is 0.890. The Morgan fingerprint density at radius 3 is 2.00 bits per heavy atom. The Hall–Kier alpha value is -0.610. The highest BCUT2D eigenvalue weighted by atomic mass is 16.5. The van der Waals surface area contributed by atoms with Gasteiger partial charge in [-0.1, -0.05) is 0 Å². The molecule has 2 unspecified atom stereocenters. The summed E-state index contributed by atoms with van der Waals surface area (Å²) in [5, 5.41) is 0. The zero-order valence-electron chi connectivity index (χ0n) is 6.82. The van der Waals surface area contributed by atoms with Crippen molar-refractivity contribution in [3.05, 3.63) is 0 Å². The average Bonchev–Trinajstić information content (AvgIpc) is 2.46. The third-order valence-corrected chi connectivity index (χ3v) is 2.00. The first kappa shape index (κ1) is 8.49. The van der Waals surface area contributed by atoms with Gasteiger partial charge in [0.15, 0.2) is 0 Å². The number of methoxy groups -OCH3 is 2. The van der Waals surface area contributed by atoms with Crippen LogP contribution in [0.1, 0.15) is 0 Å².